The van der Waals surface area contributed by atoms with E-state index in [4.69, 9.17) is 15.2 Å². The molecule has 0 unspecified atom stereocenters. The van der Waals surface area contributed by atoms with Crippen LogP contribution in [0, 0.1) is 0 Å². The van der Waals surface area contributed by atoms with Crippen LogP contribution in [-0.4, -0.2) is 29.5 Å². The third-order valence-electron chi connectivity index (χ3n) is 3.06. The molecule has 1 fully saturated rings. The van der Waals surface area contributed by atoms with E-state index in [1.54, 1.807) is 18.2 Å². The quantitative estimate of drug-likeness (QED) is 0.796. The summed E-state index contributed by atoms with van der Waals surface area (Å²) in [5, 5.41) is 0. The Labute approximate surface area is 115 Å². The average Bonchev–Trinajstić information content (AvgIpc) is 2.89. The summed E-state index contributed by atoms with van der Waals surface area (Å²) in [6.45, 7) is 0.424. The van der Waals surface area contributed by atoms with E-state index in [2.05, 4.69) is 0 Å². The number of rotatable bonds is 2. The molecule has 1 saturated heterocycles. The molecule has 0 saturated carbocycles. The van der Waals surface area contributed by atoms with Crippen LogP contribution in [0.5, 0.6) is 11.5 Å². The summed E-state index contributed by atoms with van der Waals surface area (Å²) in [6, 6.07) is 4.64. The number of hydrogen-bond donors (Lipinski definition) is 1. The summed E-state index contributed by atoms with van der Waals surface area (Å²) in [5.74, 6) is 0.758. The third kappa shape index (κ3) is 2.36. The van der Waals surface area contributed by atoms with Crippen molar-refractivity contribution in [1.29, 1.82) is 0 Å². The molecule has 0 bridgehead atoms. The van der Waals surface area contributed by atoms with E-state index in [0.29, 0.717) is 11.5 Å². The maximum Gasteiger partial charge on any atom is 0.246 e. The summed E-state index contributed by atoms with van der Waals surface area (Å²) in [5.41, 5.74) is 6.36. The average molecular weight is 285 g/mol. The van der Waals surface area contributed by atoms with Crippen molar-refractivity contribution in [3.05, 3.63) is 23.8 Å². The van der Waals surface area contributed by atoms with Crippen LogP contribution in [0.3, 0.4) is 0 Å². The third-order valence-corrected chi connectivity index (χ3v) is 3.06. The lowest BCUT2D eigenvalue weighted by Gasteiger charge is -2.14. The van der Waals surface area contributed by atoms with Gasteiger partial charge in [-0.1, -0.05) is 6.07 Å². The van der Waals surface area contributed by atoms with Crippen LogP contribution in [0.1, 0.15) is 12.0 Å². The van der Waals surface area contributed by atoms with E-state index >= 15 is 0 Å². The summed E-state index contributed by atoms with van der Waals surface area (Å²) < 4.78 is 10.4. The van der Waals surface area contributed by atoms with E-state index in [0.717, 1.165) is 5.56 Å². The Hall–Kier alpha value is -1.79. The van der Waals surface area contributed by atoms with Crippen molar-refractivity contribution in [3.8, 4) is 11.5 Å². The lowest BCUT2D eigenvalue weighted by atomic mass is 10.2. The van der Waals surface area contributed by atoms with Gasteiger partial charge in [-0.25, -0.2) is 0 Å². The molecule has 0 aromatic heterocycles. The summed E-state index contributed by atoms with van der Waals surface area (Å²) >= 11 is 0. The van der Waals surface area contributed by atoms with Crippen LogP contribution in [0.25, 0.3) is 0 Å². The molecule has 0 radical (unpaired) electrons. The van der Waals surface area contributed by atoms with Gasteiger partial charge >= 0.3 is 0 Å². The van der Waals surface area contributed by atoms with Gasteiger partial charge in [0.05, 0.1) is 19.0 Å². The zero-order valence-electron chi connectivity index (χ0n) is 10.00. The van der Waals surface area contributed by atoms with Crippen molar-refractivity contribution in [2.24, 2.45) is 5.73 Å². The second kappa shape index (κ2) is 5.07. The van der Waals surface area contributed by atoms with Crippen molar-refractivity contribution >= 4 is 24.2 Å². The first kappa shape index (κ1) is 13.6. The Morgan fingerprint density at radius 2 is 2.00 bits per heavy atom. The van der Waals surface area contributed by atoms with Crippen molar-refractivity contribution < 1.29 is 19.1 Å². The molecule has 2 aliphatic heterocycles. The predicted molar refractivity (Wildman–Crippen MR) is 68.0 cm³/mol. The van der Waals surface area contributed by atoms with Gasteiger partial charge in [0, 0.05) is 0 Å². The Kier molecular flexibility index (Phi) is 3.64. The van der Waals surface area contributed by atoms with Gasteiger partial charge in [0.25, 0.3) is 0 Å². The number of ether oxygens (including phenoxy) is 2. The number of fused-ring (bicyclic) bond motifs is 1. The minimum absolute atomic E-state index is 0. The van der Waals surface area contributed by atoms with Crippen LogP contribution in [0.2, 0.25) is 0 Å². The zero-order chi connectivity index (χ0) is 12.7. The maximum atomic E-state index is 11.7. The number of nitrogens with two attached hydrogens (primary N) is 1. The van der Waals surface area contributed by atoms with Gasteiger partial charge in [-0.15, -0.1) is 12.4 Å². The SMILES string of the molecule is Cl.N[C@@H]1CC(=O)N(Cc2ccc3c(c2)OCO3)C1=O. The first-order valence-corrected chi connectivity index (χ1v) is 5.63. The van der Waals surface area contributed by atoms with Gasteiger partial charge in [-0.3, -0.25) is 14.5 Å². The van der Waals surface area contributed by atoms with E-state index in [-0.39, 0.29) is 44.0 Å². The molecule has 6 nitrogen and oxygen atoms in total. The number of carbonyl (C=O) groups is 2. The number of amides is 2. The Bertz CT molecular complexity index is 534. The largest absolute Gasteiger partial charge is 0.454 e. The molecule has 0 aliphatic carbocycles. The van der Waals surface area contributed by atoms with Gasteiger partial charge in [0.2, 0.25) is 18.6 Å². The molecule has 2 aliphatic rings. The summed E-state index contributed by atoms with van der Waals surface area (Å²) in [7, 11) is 0. The standard InChI is InChI=1S/C12H12N2O4.ClH/c13-8-4-11(15)14(12(8)16)5-7-1-2-9-10(3-7)18-6-17-9;/h1-3,8H,4-6,13H2;1H/t8-;/m1./s1. The number of imide groups is 1. The van der Waals surface area contributed by atoms with E-state index < -0.39 is 6.04 Å². The van der Waals surface area contributed by atoms with Crippen molar-refractivity contribution in [2.75, 3.05) is 6.79 Å². The lowest BCUT2D eigenvalue weighted by molar-refractivity contribution is -0.139. The second-order valence-corrected chi connectivity index (χ2v) is 4.32. The van der Waals surface area contributed by atoms with Gasteiger partial charge < -0.3 is 15.2 Å². The Balaban J connectivity index is 0.00000133. The smallest absolute Gasteiger partial charge is 0.246 e. The zero-order valence-corrected chi connectivity index (χ0v) is 10.8. The molecular weight excluding hydrogens is 272 g/mol. The molecule has 1 aromatic rings. The highest BCUT2D eigenvalue weighted by Crippen LogP contribution is 2.33. The van der Waals surface area contributed by atoms with Crippen LogP contribution in [0.4, 0.5) is 0 Å². The fourth-order valence-electron chi connectivity index (χ4n) is 2.10. The normalized spacial score (nSPS) is 20.7. The molecule has 0 spiro atoms. The van der Waals surface area contributed by atoms with Gasteiger partial charge in [-0.2, -0.15) is 0 Å². The molecule has 2 heterocycles. The summed E-state index contributed by atoms with van der Waals surface area (Å²) in [4.78, 5) is 24.5. The molecule has 19 heavy (non-hydrogen) atoms. The van der Waals surface area contributed by atoms with E-state index in [1.807, 2.05) is 0 Å². The number of nitrogens with zero attached hydrogens (tertiary/aromatic N) is 1. The second-order valence-electron chi connectivity index (χ2n) is 4.32. The Morgan fingerprint density at radius 3 is 2.68 bits per heavy atom. The van der Waals surface area contributed by atoms with Gasteiger partial charge in [0.1, 0.15) is 0 Å². The van der Waals surface area contributed by atoms with Crippen molar-refractivity contribution in [2.45, 2.75) is 19.0 Å². The molecule has 102 valence electrons. The first-order chi connectivity index (χ1) is 8.65. The van der Waals surface area contributed by atoms with Gasteiger partial charge in [0.15, 0.2) is 11.5 Å². The van der Waals surface area contributed by atoms with Crippen LogP contribution >= 0.6 is 12.4 Å². The fourth-order valence-corrected chi connectivity index (χ4v) is 2.10. The highest BCUT2D eigenvalue weighted by molar-refractivity contribution is 6.05. The topological polar surface area (TPSA) is 81.9 Å². The molecule has 2 amide bonds. The van der Waals surface area contributed by atoms with Crippen LogP contribution in [-0.2, 0) is 16.1 Å². The van der Waals surface area contributed by atoms with Crippen molar-refractivity contribution in [3.63, 3.8) is 0 Å². The van der Waals surface area contributed by atoms with Crippen molar-refractivity contribution in [1.82, 2.24) is 4.90 Å². The first-order valence-electron chi connectivity index (χ1n) is 5.63. The molecule has 1 atom stereocenters. The predicted octanol–water partition coefficient (Wildman–Crippen LogP) is 0.423. The Morgan fingerprint density at radius 1 is 1.26 bits per heavy atom. The monoisotopic (exact) mass is 284 g/mol. The highest BCUT2D eigenvalue weighted by Gasteiger charge is 2.36. The van der Waals surface area contributed by atoms with Crippen LogP contribution in [0.15, 0.2) is 18.2 Å². The number of carbonyl (C=O) groups excluding carboxylic acids is 2. The molecule has 1 aromatic carbocycles. The fraction of sp³-hybridized carbons (Fsp3) is 0.333. The number of likely N-dealkylation sites (tertiary alicyclic amines) is 1. The van der Waals surface area contributed by atoms with E-state index in [1.165, 1.54) is 4.90 Å². The number of benzene rings is 1. The molecule has 7 heteroatoms. The number of hydrogen-bond acceptors (Lipinski definition) is 5. The minimum atomic E-state index is -0.702. The molecule has 2 N–H and O–H groups in total. The molecule has 3 rings (SSSR count). The number of halogens is 1. The minimum Gasteiger partial charge on any atom is -0.454 e. The van der Waals surface area contributed by atoms with Crippen LogP contribution < -0.4 is 15.2 Å². The van der Waals surface area contributed by atoms with E-state index in [9.17, 15) is 9.59 Å². The summed E-state index contributed by atoms with van der Waals surface area (Å²) in [6.07, 6.45) is 0.0867. The highest BCUT2D eigenvalue weighted by atomic mass is 35.5. The van der Waals surface area contributed by atoms with Gasteiger partial charge in [-0.05, 0) is 17.7 Å². The molecular formula is C12H13ClN2O4. The lowest BCUT2D eigenvalue weighted by Crippen LogP contribution is -2.34. The maximum absolute atomic E-state index is 11.7.